The van der Waals surface area contributed by atoms with E-state index in [4.69, 9.17) is 4.74 Å². The van der Waals surface area contributed by atoms with Gasteiger partial charge in [0, 0.05) is 12.5 Å². The summed E-state index contributed by atoms with van der Waals surface area (Å²) in [6.07, 6.45) is 4.05. The molecule has 0 radical (unpaired) electrons. The molecule has 0 atom stereocenters. The average molecular weight is 394 g/mol. The van der Waals surface area contributed by atoms with Gasteiger partial charge < -0.3 is 4.74 Å². The lowest BCUT2D eigenvalue weighted by Gasteiger charge is -2.19. The van der Waals surface area contributed by atoms with Crippen molar-refractivity contribution in [3.63, 3.8) is 0 Å². The van der Waals surface area contributed by atoms with Crippen molar-refractivity contribution in [3.05, 3.63) is 26.7 Å². The van der Waals surface area contributed by atoms with Gasteiger partial charge in [-0.05, 0) is 40.0 Å². The molecule has 1 aliphatic carbocycles. The number of hydrogen-bond donors (Lipinski definition) is 1. The van der Waals surface area contributed by atoms with Crippen molar-refractivity contribution in [1.29, 1.82) is 0 Å². The number of alkyl halides is 1. The molecule has 2 heterocycles. The summed E-state index contributed by atoms with van der Waals surface area (Å²) in [4.78, 5) is 44.6. The van der Waals surface area contributed by atoms with Gasteiger partial charge in [-0.2, -0.15) is 0 Å². The maximum Gasteiger partial charge on any atom is 0.330 e. The lowest BCUT2D eigenvalue weighted by Crippen LogP contribution is -2.36. The minimum atomic E-state index is -0.681. The average Bonchev–Trinajstić information content (AvgIpc) is 3.26. The molecule has 0 bridgehead atoms. The molecule has 1 aliphatic rings. The van der Waals surface area contributed by atoms with Crippen LogP contribution in [-0.4, -0.2) is 31.7 Å². The van der Waals surface area contributed by atoms with E-state index in [0.29, 0.717) is 5.82 Å². The maximum absolute atomic E-state index is 13.0. The van der Waals surface area contributed by atoms with Crippen LogP contribution in [0.4, 0.5) is 4.39 Å². The van der Waals surface area contributed by atoms with Crippen molar-refractivity contribution in [2.45, 2.75) is 72.1 Å². The first-order chi connectivity index (χ1) is 13.2. The minimum Gasteiger partial charge on any atom is -0.443 e. The van der Waals surface area contributed by atoms with E-state index < -0.39 is 29.3 Å². The molecule has 2 aromatic heterocycles. The quantitative estimate of drug-likeness (QED) is 0.759. The van der Waals surface area contributed by atoms with E-state index in [1.807, 2.05) is 0 Å². The van der Waals surface area contributed by atoms with Crippen LogP contribution >= 0.6 is 0 Å². The molecule has 0 unspecified atom stereocenters. The molecule has 0 amide bonds. The fourth-order valence-corrected chi connectivity index (χ4v) is 3.55. The Bertz CT molecular complexity index is 977. The highest BCUT2D eigenvalue weighted by molar-refractivity contribution is 5.75. The highest BCUT2D eigenvalue weighted by atomic mass is 19.1. The second-order valence-electron chi connectivity index (χ2n) is 8.32. The summed E-state index contributed by atoms with van der Waals surface area (Å²) in [6.45, 7) is 4.46. The summed E-state index contributed by atoms with van der Waals surface area (Å²) in [5.41, 5.74) is -1.47. The molecule has 0 aromatic carbocycles. The van der Waals surface area contributed by atoms with E-state index >= 15 is 0 Å². The fourth-order valence-electron chi connectivity index (χ4n) is 3.55. The third kappa shape index (κ3) is 3.88. The Hall–Kier alpha value is -2.45. The van der Waals surface area contributed by atoms with Gasteiger partial charge in [0.15, 0.2) is 17.9 Å². The number of aromatic amines is 1. The summed E-state index contributed by atoms with van der Waals surface area (Å²) in [6, 6.07) is 0. The number of carbonyl (C=O) groups is 1. The van der Waals surface area contributed by atoms with E-state index in [2.05, 4.69) is 9.97 Å². The van der Waals surface area contributed by atoms with Gasteiger partial charge in [-0.3, -0.25) is 28.1 Å². The topological polar surface area (TPSA) is 99.0 Å². The van der Waals surface area contributed by atoms with Gasteiger partial charge in [-0.25, -0.2) is 9.78 Å². The molecule has 154 valence electrons. The Morgan fingerprint density at radius 3 is 2.54 bits per heavy atom. The zero-order valence-corrected chi connectivity index (χ0v) is 16.6. The van der Waals surface area contributed by atoms with Crippen LogP contribution < -0.4 is 11.2 Å². The summed E-state index contributed by atoms with van der Waals surface area (Å²) < 4.78 is 20.6. The molecular weight excluding hydrogens is 367 g/mol. The van der Waals surface area contributed by atoms with Crippen LogP contribution in [0.15, 0.2) is 9.59 Å². The molecule has 1 N–H and O–H groups in total. The molecule has 0 saturated heterocycles. The van der Waals surface area contributed by atoms with Crippen LogP contribution in [0.25, 0.3) is 11.2 Å². The first kappa shape index (κ1) is 20.3. The number of rotatable bonds is 6. The van der Waals surface area contributed by atoms with E-state index in [9.17, 15) is 18.8 Å². The molecular formula is C19H27FN4O4. The molecule has 9 heteroatoms. The number of H-pyrrole nitrogens is 1. The number of ether oxygens (including phenoxy) is 1. The van der Waals surface area contributed by atoms with Crippen molar-refractivity contribution < 1.29 is 13.9 Å². The standard InChI is InChI=1S/C19H27FN4O4/c1-19(2,3)17(26)28-11-24-13-14(21-15(24)12-7-4-5-8-12)22-18(27)23(16(13)25)10-6-9-20/h12H,4-11H2,1-3H3,(H,22,27). The molecule has 0 spiro atoms. The number of imidazole rings is 1. The van der Waals surface area contributed by atoms with Crippen LogP contribution in [0.5, 0.6) is 0 Å². The highest BCUT2D eigenvalue weighted by Gasteiger charge is 2.28. The molecule has 2 aromatic rings. The number of nitrogens with zero attached hydrogens (tertiary/aromatic N) is 3. The summed E-state index contributed by atoms with van der Waals surface area (Å²) in [7, 11) is 0. The Kier molecular flexibility index (Phi) is 5.71. The van der Waals surface area contributed by atoms with Crippen LogP contribution in [0, 0.1) is 5.41 Å². The monoisotopic (exact) mass is 394 g/mol. The zero-order chi connectivity index (χ0) is 20.5. The van der Waals surface area contributed by atoms with Gasteiger partial charge in [-0.1, -0.05) is 12.8 Å². The Balaban J connectivity index is 2.10. The van der Waals surface area contributed by atoms with Gasteiger partial charge in [-0.15, -0.1) is 0 Å². The molecule has 8 nitrogen and oxygen atoms in total. The molecule has 3 rings (SSSR count). The van der Waals surface area contributed by atoms with Crippen LogP contribution in [0.3, 0.4) is 0 Å². The number of esters is 1. The first-order valence-electron chi connectivity index (χ1n) is 9.70. The zero-order valence-electron chi connectivity index (χ0n) is 16.6. The lowest BCUT2D eigenvalue weighted by atomic mass is 9.98. The summed E-state index contributed by atoms with van der Waals surface area (Å²) >= 11 is 0. The van der Waals surface area contributed by atoms with Gasteiger partial charge in [0.25, 0.3) is 5.56 Å². The SMILES string of the molecule is CC(C)(C)C(=O)OCn1c(C2CCCC2)nc2[nH]c(=O)n(CCCF)c(=O)c21. The van der Waals surface area contributed by atoms with Crippen LogP contribution in [-0.2, 0) is 22.8 Å². The normalized spacial score (nSPS) is 15.4. The number of fused-ring (bicyclic) bond motifs is 1. The van der Waals surface area contributed by atoms with Gasteiger partial charge >= 0.3 is 11.7 Å². The van der Waals surface area contributed by atoms with E-state index in [-0.39, 0.29) is 36.8 Å². The number of nitrogens with one attached hydrogen (secondary N) is 1. The summed E-state index contributed by atoms with van der Waals surface area (Å²) in [5, 5.41) is 0. The molecule has 1 fully saturated rings. The second kappa shape index (κ2) is 7.89. The Labute approximate surface area is 161 Å². The van der Waals surface area contributed by atoms with Gasteiger partial charge in [0.05, 0.1) is 12.1 Å². The number of hydrogen-bond acceptors (Lipinski definition) is 5. The van der Waals surface area contributed by atoms with Crippen molar-refractivity contribution in [2.24, 2.45) is 5.41 Å². The predicted molar refractivity (Wildman–Crippen MR) is 102 cm³/mol. The van der Waals surface area contributed by atoms with E-state index in [1.165, 1.54) is 0 Å². The lowest BCUT2D eigenvalue weighted by molar-refractivity contribution is -0.156. The molecule has 0 aliphatic heterocycles. The van der Waals surface area contributed by atoms with Crippen LogP contribution in [0.1, 0.15) is 64.6 Å². The number of carbonyl (C=O) groups excluding carboxylic acids is 1. The van der Waals surface area contributed by atoms with E-state index in [1.54, 1.807) is 25.3 Å². The number of halogens is 1. The Morgan fingerprint density at radius 1 is 1.25 bits per heavy atom. The minimum absolute atomic E-state index is 0.0215. The summed E-state index contributed by atoms with van der Waals surface area (Å²) in [5.74, 6) is 0.391. The third-order valence-electron chi connectivity index (χ3n) is 5.09. The Morgan fingerprint density at radius 2 is 1.93 bits per heavy atom. The first-order valence-corrected chi connectivity index (χ1v) is 9.70. The maximum atomic E-state index is 13.0. The predicted octanol–water partition coefficient (Wildman–Crippen LogP) is 2.45. The smallest absolute Gasteiger partial charge is 0.330 e. The van der Waals surface area contributed by atoms with Crippen molar-refractivity contribution in [2.75, 3.05) is 6.67 Å². The van der Waals surface area contributed by atoms with Gasteiger partial charge in [0.1, 0.15) is 5.82 Å². The molecule has 28 heavy (non-hydrogen) atoms. The van der Waals surface area contributed by atoms with Crippen LogP contribution in [0.2, 0.25) is 0 Å². The fraction of sp³-hybridized carbons (Fsp3) is 0.684. The van der Waals surface area contributed by atoms with Crippen molar-refractivity contribution >= 4 is 17.1 Å². The van der Waals surface area contributed by atoms with E-state index in [0.717, 1.165) is 30.3 Å². The molecule has 1 saturated carbocycles. The largest absolute Gasteiger partial charge is 0.443 e. The van der Waals surface area contributed by atoms with Crippen molar-refractivity contribution in [1.82, 2.24) is 19.1 Å². The van der Waals surface area contributed by atoms with Crippen molar-refractivity contribution in [3.8, 4) is 0 Å². The second-order valence-corrected chi connectivity index (χ2v) is 8.32. The number of aromatic nitrogens is 4. The van der Waals surface area contributed by atoms with Gasteiger partial charge in [0.2, 0.25) is 0 Å². The highest BCUT2D eigenvalue weighted by Crippen LogP contribution is 2.34. The third-order valence-corrected chi connectivity index (χ3v) is 5.09.